The number of benzene rings is 3. The molecular weight excluding hydrogens is 472 g/mol. The molecule has 38 heavy (non-hydrogen) atoms. The zero-order chi connectivity index (χ0) is 27.2. The summed E-state index contributed by atoms with van der Waals surface area (Å²) in [5.74, 6) is 0.187. The zero-order valence-corrected chi connectivity index (χ0v) is 23.2. The number of carbonyl (C=O) groups is 2. The average Bonchev–Trinajstić information content (AvgIpc) is 2.96. The van der Waals surface area contributed by atoms with Crippen LogP contribution in [-0.2, 0) is 11.2 Å². The maximum atomic E-state index is 12.6. The maximum absolute atomic E-state index is 12.6. The summed E-state index contributed by atoms with van der Waals surface area (Å²) in [5.41, 5.74) is 4.29. The Morgan fingerprint density at radius 1 is 0.658 bits per heavy atom. The Morgan fingerprint density at radius 3 is 1.79 bits per heavy atom. The number of esters is 2. The van der Waals surface area contributed by atoms with Gasteiger partial charge in [0.1, 0.15) is 5.75 Å². The fourth-order valence-corrected chi connectivity index (χ4v) is 4.19. The van der Waals surface area contributed by atoms with Gasteiger partial charge in [-0.2, -0.15) is 0 Å². The van der Waals surface area contributed by atoms with E-state index in [9.17, 15) is 9.59 Å². The van der Waals surface area contributed by atoms with E-state index in [4.69, 9.17) is 9.47 Å². The van der Waals surface area contributed by atoms with E-state index in [0.29, 0.717) is 29.4 Å². The van der Waals surface area contributed by atoms with Gasteiger partial charge in [0.05, 0.1) is 17.7 Å². The van der Waals surface area contributed by atoms with Gasteiger partial charge in [0.15, 0.2) is 0 Å². The Labute approximate surface area is 228 Å². The van der Waals surface area contributed by atoms with Crippen molar-refractivity contribution in [1.82, 2.24) is 0 Å². The van der Waals surface area contributed by atoms with Crippen molar-refractivity contribution < 1.29 is 19.1 Å². The second-order valence-electron chi connectivity index (χ2n) is 10.2. The van der Waals surface area contributed by atoms with Crippen molar-refractivity contribution in [2.45, 2.75) is 78.6 Å². The van der Waals surface area contributed by atoms with Crippen molar-refractivity contribution >= 4 is 11.9 Å². The largest absolute Gasteiger partial charge is 0.462 e. The molecule has 4 heteroatoms. The van der Waals surface area contributed by atoms with Crippen LogP contribution in [0.3, 0.4) is 0 Å². The zero-order valence-electron chi connectivity index (χ0n) is 23.2. The minimum atomic E-state index is -0.361. The Bertz CT molecular complexity index is 1110. The minimum absolute atomic E-state index is 0.301. The van der Waals surface area contributed by atoms with Gasteiger partial charge >= 0.3 is 11.9 Å². The molecule has 0 bridgehead atoms. The monoisotopic (exact) mass is 514 g/mol. The molecular formula is C34H42O4. The van der Waals surface area contributed by atoms with Gasteiger partial charge in [0.2, 0.25) is 0 Å². The van der Waals surface area contributed by atoms with Crippen LogP contribution in [0.4, 0.5) is 0 Å². The third-order valence-corrected chi connectivity index (χ3v) is 6.97. The number of hydrogen-bond donors (Lipinski definition) is 0. The van der Waals surface area contributed by atoms with E-state index in [0.717, 1.165) is 24.0 Å². The molecule has 0 aliphatic carbocycles. The molecule has 1 unspecified atom stereocenters. The third-order valence-electron chi connectivity index (χ3n) is 6.97. The van der Waals surface area contributed by atoms with Crippen LogP contribution in [0, 0.1) is 5.92 Å². The Kier molecular flexibility index (Phi) is 12.1. The number of hydrogen-bond acceptors (Lipinski definition) is 4. The van der Waals surface area contributed by atoms with Crippen LogP contribution < -0.4 is 4.74 Å². The summed E-state index contributed by atoms with van der Waals surface area (Å²) in [6.45, 7) is 6.81. The first-order chi connectivity index (χ1) is 18.5. The molecule has 0 amide bonds. The molecule has 0 spiro atoms. The van der Waals surface area contributed by atoms with Crippen LogP contribution in [0.25, 0.3) is 11.1 Å². The molecule has 3 aromatic rings. The van der Waals surface area contributed by atoms with Crippen molar-refractivity contribution in [2.75, 3.05) is 6.61 Å². The van der Waals surface area contributed by atoms with Crippen LogP contribution in [0.1, 0.15) is 98.4 Å². The fourth-order valence-electron chi connectivity index (χ4n) is 4.19. The summed E-state index contributed by atoms with van der Waals surface area (Å²) in [5, 5.41) is 0. The Balaban J connectivity index is 1.47. The molecule has 0 saturated heterocycles. The maximum Gasteiger partial charge on any atom is 0.343 e. The lowest BCUT2D eigenvalue weighted by molar-refractivity contribution is 0.0447. The topological polar surface area (TPSA) is 52.6 Å². The lowest BCUT2D eigenvalue weighted by atomic mass is 10.0. The van der Waals surface area contributed by atoms with Gasteiger partial charge in [-0.05, 0) is 71.8 Å². The van der Waals surface area contributed by atoms with Gasteiger partial charge in [0.25, 0.3) is 0 Å². The first-order valence-electron chi connectivity index (χ1n) is 14.2. The van der Waals surface area contributed by atoms with Crippen molar-refractivity contribution in [2.24, 2.45) is 5.92 Å². The predicted octanol–water partition coefficient (Wildman–Crippen LogP) is 9.07. The van der Waals surface area contributed by atoms with Crippen LogP contribution in [-0.4, -0.2) is 18.5 Å². The van der Waals surface area contributed by atoms with E-state index in [1.54, 1.807) is 24.3 Å². The second-order valence-corrected chi connectivity index (χ2v) is 10.2. The highest BCUT2D eigenvalue weighted by atomic mass is 16.5. The van der Waals surface area contributed by atoms with Gasteiger partial charge in [-0.3, -0.25) is 0 Å². The highest BCUT2D eigenvalue weighted by Crippen LogP contribution is 2.24. The molecule has 3 rings (SSSR count). The van der Waals surface area contributed by atoms with Gasteiger partial charge in [0, 0.05) is 0 Å². The number of carbonyl (C=O) groups excluding carboxylic acids is 2. The van der Waals surface area contributed by atoms with E-state index < -0.39 is 0 Å². The SMILES string of the molecule is CCCCCCCCCc1ccc(C(=O)Oc2ccc(-c3ccc(C(=O)OCC(C)CC)cc3)cc2)cc1. The predicted molar refractivity (Wildman–Crippen MR) is 155 cm³/mol. The minimum Gasteiger partial charge on any atom is -0.462 e. The molecule has 0 aromatic heterocycles. The summed E-state index contributed by atoms with van der Waals surface area (Å²) in [6.07, 6.45) is 11.1. The van der Waals surface area contributed by atoms with Crippen molar-refractivity contribution in [1.29, 1.82) is 0 Å². The Hall–Kier alpha value is -3.40. The molecule has 1 atom stereocenters. The number of rotatable bonds is 15. The molecule has 0 N–H and O–H groups in total. The van der Waals surface area contributed by atoms with Gasteiger partial charge in [-0.1, -0.05) is 102 Å². The molecule has 0 aliphatic heterocycles. The smallest absolute Gasteiger partial charge is 0.343 e. The van der Waals surface area contributed by atoms with Crippen molar-refractivity contribution in [3.05, 3.63) is 89.5 Å². The first-order valence-corrected chi connectivity index (χ1v) is 14.2. The van der Waals surface area contributed by atoms with E-state index in [1.165, 1.54) is 50.5 Å². The van der Waals surface area contributed by atoms with Gasteiger partial charge < -0.3 is 9.47 Å². The van der Waals surface area contributed by atoms with E-state index in [2.05, 4.69) is 20.8 Å². The van der Waals surface area contributed by atoms with Crippen LogP contribution in [0.2, 0.25) is 0 Å². The summed E-state index contributed by atoms with van der Waals surface area (Å²) >= 11 is 0. The quantitative estimate of drug-likeness (QED) is 0.115. The Morgan fingerprint density at radius 2 is 1.18 bits per heavy atom. The first kappa shape index (κ1) is 29.2. The van der Waals surface area contributed by atoms with Gasteiger partial charge in [-0.15, -0.1) is 0 Å². The van der Waals surface area contributed by atoms with Crippen molar-refractivity contribution in [3.8, 4) is 16.9 Å². The summed E-state index contributed by atoms with van der Waals surface area (Å²) in [4.78, 5) is 24.8. The second kappa shape index (κ2) is 15.8. The molecule has 202 valence electrons. The van der Waals surface area contributed by atoms with Crippen LogP contribution >= 0.6 is 0 Å². The van der Waals surface area contributed by atoms with Crippen LogP contribution in [0.15, 0.2) is 72.8 Å². The van der Waals surface area contributed by atoms with E-state index in [-0.39, 0.29) is 11.9 Å². The van der Waals surface area contributed by atoms with Crippen LogP contribution in [0.5, 0.6) is 5.75 Å². The summed E-state index contributed by atoms with van der Waals surface area (Å²) in [6, 6.07) is 22.5. The van der Waals surface area contributed by atoms with E-state index >= 15 is 0 Å². The highest BCUT2D eigenvalue weighted by Gasteiger charge is 2.11. The third kappa shape index (κ3) is 9.48. The highest BCUT2D eigenvalue weighted by molar-refractivity contribution is 5.91. The molecule has 0 saturated carbocycles. The van der Waals surface area contributed by atoms with Gasteiger partial charge in [-0.25, -0.2) is 9.59 Å². The van der Waals surface area contributed by atoms with E-state index in [1.807, 2.05) is 48.5 Å². The van der Waals surface area contributed by atoms with Crippen molar-refractivity contribution in [3.63, 3.8) is 0 Å². The summed E-state index contributed by atoms with van der Waals surface area (Å²) in [7, 11) is 0. The molecule has 0 radical (unpaired) electrons. The number of ether oxygens (including phenoxy) is 2. The molecule has 4 nitrogen and oxygen atoms in total. The number of unbranched alkanes of at least 4 members (excludes halogenated alkanes) is 6. The fraction of sp³-hybridized carbons (Fsp3) is 0.412. The number of aryl methyl sites for hydroxylation is 1. The normalized spacial score (nSPS) is 11.7. The lowest BCUT2D eigenvalue weighted by Gasteiger charge is -2.10. The molecule has 0 fully saturated rings. The standard InChI is InChI=1S/C34H42O4/c1-4-6-7-8-9-10-11-12-27-13-15-31(16-14-27)34(36)38-32-23-21-29(22-24-32)28-17-19-30(20-18-28)33(35)37-25-26(3)5-2/h13-24,26H,4-12,25H2,1-3H3. The average molecular weight is 515 g/mol. The lowest BCUT2D eigenvalue weighted by Crippen LogP contribution is -2.11. The molecule has 3 aromatic carbocycles. The summed E-state index contributed by atoms with van der Waals surface area (Å²) < 4.78 is 11.0. The molecule has 0 aliphatic rings. The molecule has 0 heterocycles.